The molecule has 0 heterocycles. The highest BCUT2D eigenvalue weighted by Gasteiger charge is 2.33. The number of anilines is 1. The maximum Gasteiger partial charge on any atom is 0.417 e. The number of rotatable bonds is 6. The first-order valence-corrected chi connectivity index (χ1v) is 7.80. The highest BCUT2D eigenvalue weighted by molar-refractivity contribution is 6.31. The predicted octanol–water partition coefficient (Wildman–Crippen LogP) is 3.30. The smallest absolute Gasteiger partial charge is 0.346 e. The van der Waals surface area contributed by atoms with Crippen LogP contribution < -0.4 is 10.6 Å². The second-order valence-electron chi connectivity index (χ2n) is 5.66. The first-order valence-electron chi connectivity index (χ1n) is 7.42. The lowest BCUT2D eigenvalue weighted by Crippen LogP contribution is -2.47. The molecule has 0 bridgehead atoms. The average Bonchev–Trinajstić information content (AvgIpc) is 2.51. The Morgan fingerprint density at radius 3 is 2.30 bits per heavy atom. The molecule has 0 saturated heterocycles. The van der Waals surface area contributed by atoms with Crippen molar-refractivity contribution in [1.29, 1.82) is 0 Å². The Bertz CT molecular complexity index is 693. The molecule has 0 aliphatic rings. The number of nitrogens with zero attached hydrogens (tertiary/aromatic N) is 1. The van der Waals surface area contributed by atoms with E-state index in [-0.39, 0.29) is 5.69 Å². The molecule has 2 N–H and O–H groups in total. The number of hydrogen-bond acceptors (Lipinski definition) is 3. The van der Waals surface area contributed by atoms with Crippen LogP contribution >= 0.6 is 11.6 Å². The lowest BCUT2D eigenvalue weighted by atomic mass is 10.2. The van der Waals surface area contributed by atoms with Gasteiger partial charge >= 0.3 is 12.4 Å². The van der Waals surface area contributed by atoms with Crippen LogP contribution in [0.4, 0.5) is 32.0 Å². The van der Waals surface area contributed by atoms with Gasteiger partial charge in [-0.15, -0.1) is 0 Å². The van der Waals surface area contributed by atoms with Crippen LogP contribution in [0.25, 0.3) is 0 Å². The summed E-state index contributed by atoms with van der Waals surface area (Å²) in [6.07, 6.45) is -9.28. The van der Waals surface area contributed by atoms with Crippen molar-refractivity contribution < 1.29 is 35.9 Å². The van der Waals surface area contributed by atoms with Gasteiger partial charge in [0.25, 0.3) is 0 Å². The van der Waals surface area contributed by atoms with Crippen molar-refractivity contribution in [3.05, 3.63) is 28.8 Å². The summed E-state index contributed by atoms with van der Waals surface area (Å²) in [6, 6.07) is 1.71. The first-order chi connectivity index (χ1) is 12.2. The number of hydrogen-bond donors (Lipinski definition) is 2. The lowest BCUT2D eigenvalue weighted by molar-refractivity contribution is -0.141. The summed E-state index contributed by atoms with van der Waals surface area (Å²) in [5, 5.41) is 3.36. The van der Waals surface area contributed by atoms with Crippen LogP contribution in [0.3, 0.4) is 0 Å². The van der Waals surface area contributed by atoms with E-state index >= 15 is 0 Å². The third kappa shape index (κ3) is 7.63. The number of amides is 2. The SMILES string of the molecule is CC(C(=O)NCC(F)(F)F)N(C)CC(=O)Nc1ccc(Cl)c(C(F)(F)F)c1. The van der Waals surface area contributed by atoms with E-state index in [4.69, 9.17) is 11.6 Å². The molecule has 1 unspecified atom stereocenters. The van der Waals surface area contributed by atoms with Gasteiger partial charge in [0.1, 0.15) is 6.54 Å². The van der Waals surface area contributed by atoms with Crippen molar-refractivity contribution in [2.24, 2.45) is 0 Å². The minimum absolute atomic E-state index is 0.167. The fourth-order valence-electron chi connectivity index (χ4n) is 1.92. The van der Waals surface area contributed by atoms with Crippen LogP contribution in [0.5, 0.6) is 0 Å². The molecule has 0 aliphatic heterocycles. The van der Waals surface area contributed by atoms with Gasteiger partial charge in [0.05, 0.1) is 23.2 Å². The van der Waals surface area contributed by atoms with Crippen LogP contribution in [0.15, 0.2) is 18.2 Å². The van der Waals surface area contributed by atoms with Gasteiger partial charge in [-0.3, -0.25) is 14.5 Å². The van der Waals surface area contributed by atoms with Crippen LogP contribution in [0.2, 0.25) is 5.02 Å². The Kier molecular flexibility index (Phi) is 7.49. The molecule has 5 nitrogen and oxygen atoms in total. The maximum atomic E-state index is 12.8. The van der Waals surface area contributed by atoms with Gasteiger partial charge in [-0.05, 0) is 32.2 Å². The third-order valence-corrected chi connectivity index (χ3v) is 3.78. The number of halogens is 7. The number of carbonyl (C=O) groups is 2. The number of nitrogens with one attached hydrogen (secondary N) is 2. The maximum absolute atomic E-state index is 12.8. The monoisotopic (exact) mass is 419 g/mol. The molecule has 0 spiro atoms. The van der Waals surface area contributed by atoms with Crippen LogP contribution in [-0.4, -0.2) is 49.1 Å². The number of carbonyl (C=O) groups excluding carboxylic acids is 2. The summed E-state index contributed by atoms with van der Waals surface area (Å²) in [5.74, 6) is -1.71. The van der Waals surface area contributed by atoms with Crippen molar-refractivity contribution in [3.8, 4) is 0 Å². The van der Waals surface area contributed by atoms with Crippen molar-refractivity contribution >= 4 is 29.1 Å². The van der Waals surface area contributed by atoms with Gasteiger partial charge in [-0.1, -0.05) is 11.6 Å². The van der Waals surface area contributed by atoms with Crippen molar-refractivity contribution in [3.63, 3.8) is 0 Å². The lowest BCUT2D eigenvalue weighted by Gasteiger charge is -2.23. The van der Waals surface area contributed by atoms with Crippen molar-refractivity contribution in [2.75, 3.05) is 25.5 Å². The summed E-state index contributed by atoms with van der Waals surface area (Å²) in [6.45, 7) is -0.672. The van der Waals surface area contributed by atoms with E-state index in [2.05, 4.69) is 5.32 Å². The zero-order chi connectivity index (χ0) is 21.0. The summed E-state index contributed by atoms with van der Waals surface area (Å²) in [7, 11) is 1.31. The molecule has 0 saturated carbocycles. The third-order valence-electron chi connectivity index (χ3n) is 3.45. The second kappa shape index (κ2) is 8.79. The molecule has 152 valence electrons. The molecule has 12 heteroatoms. The molecule has 1 aromatic carbocycles. The van der Waals surface area contributed by atoms with Gasteiger partial charge in [0, 0.05) is 5.69 Å². The molecule has 0 fully saturated rings. The highest BCUT2D eigenvalue weighted by Crippen LogP contribution is 2.36. The number of benzene rings is 1. The minimum Gasteiger partial charge on any atom is -0.346 e. The Balaban J connectivity index is 2.67. The normalized spacial score (nSPS) is 13.4. The molecule has 27 heavy (non-hydrogen) atoms. The van der Waals surface area contributed by atoms with E-state index in [0.717, 1.165) is 17.0 Å². The molecule has 0 aliphatic carbocycles. The van der Waals surface area contributed by atoms with Crippen LogP contribution in [0.1, 0.15) is 12.5 Å². The Labute approximate surface area is 155 Å². The molecular formula is C15H16ClF6N3O2. The van der Waals surface area contributed by atoms with Gasteiger partial charge in [-0.2, -0.15) is 26.3 Å². The highest BCUT2D eigenvalue weighted by atomic mass is 35.5. The van der Waals surface area contributed by atoms with Crippen molar-refractivity contribution in [1.82, 2.24) is 10.2 Å². The standard InChI is InChI=1S/C15H16ClF6N3O2/c1-8(13(27)23-7-14(17,18)19)25(2)6-12(26)24-9-3-4-11(16)10(5-9)15(20,21)22/h3-5,8H,6-7H2,1-2H3,(H,23,27)(H,24,26). The van der Waals surface area contributed by atoms with E-state index in [1.165, 1.54) is 14.0 Å². The molecule has 1 rings (SSSR count). The largest absolute Gasteiger partial charge is 0.417 e. The Morgan fingerprint density at radius 2 is 1.78 bits per heavy atom. The molecular weight excluding hydrogens is 404 g/mol. The van der Waals surface area contributed by atoms with E-state index in [9.17, 15) is 35.9 Å². The second-order valence-corrected chi connectivity index (χ2v) is 6.07. The molecule has 1 atom stereocenters. The van der Waals surface area contributed by atoms with Crippen LogP contribution in [-0.2, 0) is 15.8 Å². The van der Waals surface area contributed by atoms with Crippen molar-refractivity contribution in [2.45, 2.75) is 25.3 Å². The van der Waals surface area contributed by atoms with Crippen LogP contribution in [0, 0.1) is 0 Å². The fraction of sp³-hybridized carbons (Fsp3) is 0.467. The Morgan fingerprint density at radius 1 is 1.19 bits per heavy atom. The first kappa shape index (κ1) is 23.0. The zero-order valence-electron chi connectivity index (χ0n) is 14.1. The molecule has 0 aromatic heterocycles. The molecule has 1 aromatic rings. The summed E-state index contributed by atoms with van der Waals surface area (Å²) < 4.78 is 74.7. The van der Waals surface area contributed by atoms with Gasteiger partial charge in [0.2, 0.25) is 11.8 Å². The Hall–Kier alpha value is -2.01. The van der Waals surface area contributed by atoms with E-state index in [1.807, 2.05) is 0 Å². The summed E-state index contributed by atoms with van der Waals surface area (Å²) in [4.78, 5) is 24.7. The van der Waals surface area contributed by atoms with Gasteiger partial charge in [0.15, 0.2) is 0 Å². The van der Waals surface area contributed by atoms with E-state index in [1.54, 1.807) is 5.32 Å². The molecule has 0 radical (unpaired) electrons. The quantitative estimate of drug-likeness (QED) is 0.696. The zero-order valence-corrected chi connectivity index (χ0v) is 14.9. The van der Waals surface area contributed by atoms with E-state index in [0.29, 0.717) is 6.07 Å². The van der Waals surface area contributed by atoms with Gasteiger partial charge < -0.3 is 10.6 Å². The topological polar surface area (TPSA) is 61.4 Å². The predicted molar refractivity (Wildman–Crippen MR) is 86.2 cm³/mol. The summed E-state index contributed by atoms with van der Waals surface area (Å²) >= 11 is 5.47. The number of alkyl halides is 6. The molecule has 2 amide bonds. The summed E-state index contributed by atoms with van der Waals surface area (Å²) in [5.41, 5.74) is -1.30. The van der Waals surface area contributed by atoms with E-state index < -0.39 is 53.9 Å². The minimum atomic E-state index is -4.71. The fourth-order valence-corrected chi connectivity index (χ4v) is 2.14. The average molecular weight is 420 g/mol. The van der Waals surface area contributed by atoms with Gasteiger partial charge in [-0.25, -0.2) is 0 Å². The number of likely N-dealkylation sites (N-methyl/N-ethyl adjacent to an activating group) is 1.